The Bertz CT molecular complexity index is 631. The van der Waals surface area contributed by atoms with E-state index in [4.69, 9.17) is 0 Å². The number of benzene rings is 1. The third-order valence-electron chi connectivity index (χ3n) is 3.72. The smallest absolute Gasteiger partial charge is 0.254 e. The first-order valence-electron chi connectivity index (χ1n) is 8.69. The van der Waals surface area contributed by atoms with Gasteiger partial charge in [0, 0.05) is 31.2 Å². The molecule has 2 rings (SSSR count). The van der Waals surface area contributed by atoms with Gasteiger partial charge in [0.05, 0.1) is 13.1 Å². The number of piperazine rings is 1. The summed E-state index contributed by atoms with van der Waals surface area (Å²) < 4.78 is 0. The minimum atomic E-state index is -0.112. The molecule has 0 bridgehead atoms. The lowest BCUT2D eigenvalue weighted by atomic mass is 10.1. The molecule has 2 amide bonds. The van der Waals surface area contributed by atoms with Crippen LogP contribution in [0.3, 0.4) is 0 Å². The Balaban J connectivity index is 0.00000338. The monoisotopic (exact) mass is 473 g/mol. The summed E-state index contributed by atoms with van der Waals surface area (Å²) in [4.78, 5) is 30.0. The van der Waals surface area contributed by atoms with Gasteiger partial charge in [-0.15, -0.1) is 24.0 Å². The molecule has 1 aromatic carbocycles. The number of guanidine groups is 1. The van der Waals surface area contributed by atoms with Crippen molar-refractivity contribution in [2.45, 2.75) is 33.4 Å². The number of halogens is 1. The number of nitrogens with zero attached hydrogens (tertiary/aromatic N) is 2. The van der Waals surface area contributed by atoms with Gasteiger partial charge in [-0.3, -0.25) is 9.59 Å². The predicted octanol–water partition coefficient (Wildman–Crippen LogP) is 1.34. The van der Waals surface area contributed by atoms with Crippen molar-refractivity contribution in [3.8, 4) is 0 Å². The molecule has 0 atom stereocenters. The molecule has 1 fully saturated rings. The van der Waals surface area contributed by atoms with Gasteiger partial charge in [-0.1, -0.05) is 12.1 Å². The minimum Gasteiger partial charge on any atom is -0.357 e. The maximum absolute atomic E-state index is 12.4. The zero-order valence-electron chi connectivity index (χ0n) is 15.5. The van der Waals surface area contributed by atoms with Crippen LogP contribution in [-0.2, 0) is 11.3 Å². The van der Waals surface area contributed by atoms with E-state index < -0.39 is 0 Å². The highest BCUT2D eigenvalue weighted by atomic mass is 127. The summed E-state index contributed by atoms with van der Waals surface area (Å²) in [7, 11) is 0. The van der Waals surface area contributed by atoms with E-state index in [1.165, 1.54) is 0 Å². The summed E-state index contributed by atoms with van der Waals surface area (Å²) in [5.74, 6) is 0.552. The second-order valence-corrected chi connectivity index (χ2v) is 6.27. The van der Waals surface area contributed by atoms with Gasteiger partial charge in [-0.2, -0.15) is 0 Å². The van der Waals surface area contributed by atoms with E-state index in [1.807, 2.05) is 19.1 Å². The van der Waals surface area contributed by atoms with Crippen LogP contribution in [0.4, 0.5) is 0 Å². The van der Waals surface area contributed by atoms with Crippen LogP contribution in [0.1, 0.15) is 36.7 Å². The van der Waals surface area contributed by atoms with E-state index >= 15 is 0 Å². The van der Waals surface area contributed by atoms with Crippen LogP contribution in [0.5, 0.6) is 0 Å². The number of aliphatic imine (C=N–C) groups is 1. The van der Waals surface area contributed by atoms with Gasteiger partial charge < -0.3 is 20.9 Å². The van der Waals surface area contributed by atoms with Gasteiger partial charge >= 0.3 is 0 Å². The molecule has 8 heteroatoms. The van der Waals surface area contributed by atoms with Crippen molar-refractivity contribution in [2.75, 3.05) is 26.2 Å². The van der Waals surface area contributed by atoms with Gasteiger partial charge in [-0.25, -0.2) is 4.99 Å². The van der Waals surface area contributed by atoms with E-state index in [0.29, 0.717) is 31.2 Å². The fourth-order valence-corrected chi connectivity index (χ4v) is 2.51. The molecule has 7 nitrogen and oxygen atoms in total. The van der Waals surface area contributed by atoms with Crippen molar-refractivity contribution < 1.29 is 9.59 Å². The number of carbonyl (C=O) groups excluding carboxylic acids is 2. The number of carbonyl (C=O) groups is 2. The van der Waals surface area contributed by atoms with Crippen LogP contribution in [0.2, 0.25) is 0 Å². The van der Waals surface area contributed by atoms with Crippen molar-refractivity contribution in [3.05, 3.63) is 35.4 Å². The second-order valence-electron chi connectivity index (χ2n) is 6.27. The van der Waals surface area contributed by atoms with E-state index in [-0.39, 0.29) is 42.3 Å². The zero-order chi connectivity index (χ0) is 18.2. The minimum absolute atomic E-state index is 0. The largest absolute Gasteiger partial charge is 0.357 e. The fourth-order valence-electron chi connectivity index (χ4n) is 2.51. The quantitative estimate of drug-likeness (QED) is 0.343. The molecule has 1 aliphatic rings. The number of nitrogens with one attached hydrogen (secondary N) is 3. The highest BCUT2D eigenvalue weighted by molar-refractivity contribution is 14.0. The third kappa shape index (κ3) is 6.81. The second kappa shape index (κ2) is 11.0. The van der Waals surface area contributed by atoms with Crippen molar-refractivity contribution in [2.24, 2.45) is 4.99 Å². The standard InChI is InChI=1S/C18H27N5O2.HI/c1-4-19-18(22-13(2)3)21-11-14-5-7-15(8-6-14)17(25)23-10-9-20-16(24)12-23;/h5-8,13H,4,9-12H2,1-3H3,(H,20,24)(H2,19,21,22);1H. The lowest BCUT2D eigenvalue weighted by molar-refractivity contribution is -0.123. The summed E-state index contributed by atoms with van der Waals surface area (Å²) in [5, 5.41) is 9.19. The Morgan fingerprint density at radius 2 is 2.00 bits per heavy atom. The molecule has 0 aromatic heterocycles. The predicted molar refractivity (Wildman–Crippen MR) is 114 cm³/mol. The van der Waals surface area contributed by atoms with Gasteiger partial charge in [0.15, 0.2) is 5.96 Å². The first-order chi connectivity index (χ1) is 12.0. The molecule has 1 saturated heterocycles. The summed E-state index contributed by atoms with van der Waals surface area (Å²) >= 11 is 0. The lowest BCUT2D eigenvalue weighted by Crippen LogP contribution is -2.49. The Morgan fingerprint density at radius 1 is 1.31 bits per heavy atom. The van der Waals surface area contributed by atoms with Crippen LogP contribution in [-0.4, -0.2) is 54.9 Å². The highest BCUT2D eigenvalue weighted by Crippen LogP contribution is 2.10. The van der Waals surface area contributed by atoms with Gasteiger partial charge in [-0.05, 0) is 38.5 Å². The van der Waals surface area contributed by atoms with E-state index in [0.717, 1.165) is 18.1 Å². The maximum atomic E-state index is 12.4. The molecule has 0 radical (unpaired) electrons. The summed E-state index contributed by atoms with van der Waals surface area (Å²) in [6.45, 7) is 8.66. The molecule has 0 unspecified atom stereocenters. The molecule has 1 aliphatic heterocycles. The average Bonchev–Trinajstić information content (AvgIpc) is 2.59. The number of rotatable bonds is 5. The summed E-state index contributed by atoms with van der Waals surface area (Å²) in [6.07, 6.45) is 0. The molecular weight excluding hydrogens is 445 g/mol. The number of hydrogen-bond donors (Lipinski definition) is 3. The molecule has 0 spiro atoms. The Labute approximate surface area is 172 Å². The lowest BCUT2D eigenvalue weighted by Gasteiger charge is -2.26. The van der Waals surface area contributed by atoms with Crippen molar-refractivity contribution in [1.82, 2.24) is 20.9 Å². The number of hydrogen-bond acceptors (Lipinski definition) is 3. The van der Waals surface area contributed by atoms with Crippen LogP contribution >= 0.6 is 24.0 Å². The summed E-state index contributed by atoms with van der Waals surface area (Å²) in [6, 6.07) is 7.70. The molecular formula is C18H28IN5O2. The van der Waals surface area contributed by atoms with Gasteiger partial charge in [0.1, 0.15) is 0 Å². The van der Waals surface area contributed by atoms with E-state index in [1.54, 1.807) is 17.0 Å². The van der Waals surface area contributed by atoms with Gasteiger partial charge in [0.25, 0.3) is 5.91 Å². The molecule has 144 valence electrons. The Kier molecular flexibility index (Phi) is 9.39. The summed E-state index contributed by atoms with van der Waals surface area (Å²) in [5.41, 5.74) is 1.61. The normalized spacial score (nSPS) is 14.5. The van der Waals surface area contributed by atoms with Gasteiger partial charge in [0.2, 0.25) is 5.91 Å². The maximum Gasteiger partial charge on any atom is 0.254 e. The first-order valence-corrected chi connectivity index (χ1v) is 8.69. The molecule has 1 aromatic rings. The number of amides is 2. The molecule has 3 N–H and O–H groups in total. The third-order valence-corrected chi connectivity index (χ3v) is 3.72. The molecule has 0 saturated carbocycles. The van der Waals surface area contributed by atoms with Crippen molar-refractivity contribution in [3.63, 3.8) is 0 Å². The van der Waals surface area contributed by atoms with Crippen LogP contribution in [0, 0.1) is 0 Å². The van der Waals surface area contributed by atoms with Crippen LogP contribution < -0.4 is 16.0 Å². The van der Waals surface area contributed by atoms with Crippen LogP contribution in [0.25, 0.3) is 0 Å². The SMILES string of the molecule is CCNC(=NCc1ccc(C(=O)N2CCNC(=O)C2)cc1)NC(C)C.I. The average molecular weight is 473 g/mol. The molecule has 1 heterocycles. The Hall–Kier alpha value is -1.84. The topological polar surface area (TPSA) is 85.8 Å². The zero-order valence-corrected chi connectivity index (χ0v) is 17.9. The fraction of sp³-hybridized carbons (Fsp3) is 0.500. The van der Waals surface area contributed by atoms with Crippen LogP contribution in [0.15, 0.2) is 29.3 Å². The Morgan fingerprint density at radius 3 is 2.58 bits per heavy atom. The molecule has 26 heavy (non-hydrogen) atoms. The van der Waals surface area contributed by atoms with E-state index in [2.05, 4.69) is 34.8 Å². The van der Waals surface area contributed by atoms with Crippen molar-refractivity contribution >= 4 is 41.8 Å². The van der Waals surface area contributed by atoms with Crippen molar-refractivity contribution in [1.29, 1.82) is 0 Å². The van der Waals surface area contributed by atoms with E-state index in [9.17, 15) is 9.59 Å². The first kappa shape index (κ1) is 22.2. The highest BCUT2D eigenvalue weighted by Gasteiger charge is 2.21. The molecule has 0 aliphatic carbocycles.